The van der Waals surface area contributed by atoms with Gasteiger partial charge in [-0.1, -0.05) is 13.8 Å². The minimum Gasteiger partial charge on any atom is -0.493 e. The molecule has 41 heavy (non-hydrogen) atoms. The zero-order chi connectivity index (χ0) is 28.9. The van der Waals surface area contributed by atoms with Crippen LogP contribution in [-0.2, 0) is 9.53 Å². The first-order valence-corrected chi connectivity index (χ1v) is 13.8. The van der Waals surface area contributed by atoms with Gasteiger partial charge >= 0.3 is 6.03 Å². The fourth-order valence-electron chi connectivity index (χ4n) is 5.00. The van der Waals surface area contributed by atoms with Crippen LogP contribution in [0.1, 0.15) is 20.3 Å². The SMILES string of the molecule is COc1cc2c(Oc3ccc(N4C(=O)CN(CC(C)C)C4=O)cc3F)ccnc2cc1OCCCN1CCOCC1. The molecule has 0 atom stereocenters. The number of amides is 3. The van der Waals surface area contributed by atoms with Gasteiger partial charge in [-0.05, 0) is 36.6 Å². The molecule has 0 saturated carbocycles. The predicted octanol–water partition coefficient (Wildman–Crippen LogP) is 4.70. The molecule has 2 aliphatic rings. The number of methoxy groups -OCH3 is 1. The van der Waals surface area contributed by atoms with E-state index in [-0.39, 0.29) is 23.9 Å². The Labute approximate surface area is 238 Å². The number of nitrogens with zero attached hydrogens (tertiary/aromatic N) is 4. The molecule has 3 amide bonds. The number of carbonyl (C=O) groups is 2. The van der Waals surface area contributed by atoms with E-state index in [0.29, 0.717) is 41.3 Å². The zero-order valence-electron chi connectivity index (χ0n) is 23.6. The van der Waals surface area contributed by atoms with Gasteiger partial charge in [0.25, 0.3) is 5.91 Å². The molecule has 5 rings (SSSR count). The van der Waals surface area contributed by atoms with Crippen LogP contribution in [0.15, 0.2) is 42.6 Å². The topological polar surface area (TPSA) is 93.7 Å². The van der Waals surface area contributed by atoms with Gasteiger partial charge in [0.2, 0.25) is 0 Å². The third kappa shape index (κ3) is 6.52. The highest BCUT2D eigenvalue weighted by Crippen LogP contribution is 2.38. The minimum atomic E-state index is -0.706. The molecule has 0 unspecified atom stereocenters. The second-order valence-electron chi connectivity index (χ2n) is 10.5. The van der Waals surface area contributed by atoms with Crippen molar-refractivity contribution in [1.82, 2.24) is 14.8 Å². The fraction of sp³-hybridized carbons (Fsp3) is 0.433. The molecule has 2 saturated heterocycles. The van der Waals surface area contributed by atoms with Gasteiger partial charge in [0.1, 0.15) is 12.3 Å². The van der Waals surface area contributed by atoms with E-state index in [4.69, 9.17) is 18.9 Å². The van der Waals surface area contributed by atoms with Crippen molar-refractivity contribution in [3.63, 3.8) is 0 Å². The third-order valence-electron chi connectivity index (χ3n) is 6.98. The van der Waals surface area contributed by atoms with Crippen molar-refractivity contribution in [2.75, 3.05) is 64.6 Å². The lowest BCUT2D eigenvalue weighted by molar-refractivity contribution is -0.116. The summed E-state index contributed by atoms with van der Waals surface area (Å²) in [5.41, 5.74) is 0.759. The minimum absolute atomic E-state index is 0.0265. The number of anilines is 1. The molecule has 0 bridgehead atoms. The summed E-state index contributed by atoms with van der Waals surface area (Å²) >= 11 is 0. The molecule has 2 aromatic carbocycles. The van der Waals surface area contributed by atoms with E-state index >= 15 is 4.39 Å². The van der Waals surface area contributed by atoms with Crippen molar-refractivity contribution in [2.24, 2.45) is 5.92 Å². The lowest BCUT2D eigenvalue weighted by Gasteiger charge is -2.26. The van der Waals surface area contributed by atoms with Crippen LogP contribution in [0, 0.1) is 11.7 Å². The summed E-state index contributed by atoms with van der Waals surface area (Å²) in [6.07, 6.45) is 2.43. The predicted molar refractivity (Wildman–Crippen MR) is 151 cm³/mol. The van der Waals surface area contributed by atoms with E-state index in [2.05, 4.69) is 9.88 Å². The Morgan fingerprint density at radius 3 is 2.56 bits per heavy atom. The van der Waals surface area contributed by atoms with Gasteiger partial charge in [0, 0.05) is 49.9 Å². The number of aromatic nitrogens is 1. The molecule has 0 spiro atoms. The quantitative estimate of drug-likeness (QED) is 0.244. The number of rotatable bonds is 11. The molecule has 0 N–H and O–H groups in total. The number of imide groups is 1. The number of hydrogen-bond donors (Lipinski definition) is 0. The zero-order valence-corrected chi connectivity index (χ0v) is 23.6. The van der Waals surface area contributed by atoms with E-state index in [9.17, 15) is 9.59 Å². The number of carbonyl (C=O) groups excluding carboxylic acids is 2. The lowest BCUT2D eigenvalue weighted by Crippen LogP contribution is -2.37. The van der Waals surface area contributed by atoms with Crippen LogP contribution >= 0.6 is 0 Å². The van der Waals surface area contributed by atoms with Crippen LogP contribution in [-0.4, -0.2) is 86.4 Å². The summed E-state index contributed by atoms with van der Waals surface area (Å²) in [5.74, 6) is 0.494. The molecular formula is C30H35FN4O6. The number of halogens is 1. The van der Waals surface area contributed by atoms with Gasteiger partial charge in [-0.15, -0.1) is 0 Å². The van der Waals surface area contributed by atoms with Crippen molar-refractivity contribution in [1.29, 1.82) is 0 Å². The average Bonchev–Trinajstić information content (AvgIpc) is 3.23. The van der Waals surface area contributed by atoms with E-state index < -0.39 is 17.8 Å². The highest BCUT2D eigenvalue weighted by molar-refractivity contribution is 6.19. The number of fused-ring (bicyclic) bond motifs is 1. The highest BCUT2D eigenvalue weighted by atomic mass is 19.1. The van der Waals surface area contributed by atoms with E-state index in [0.717, 1.165) is 50.2 Å². The summed E-state index contributed by atoms with van der Waals surface area (Å²) in [6.45, 7) is 9.18. The molecule has 1 aromatic heterocycles. The van der Waals surface area contributed by atoms with Gasteiger partial charge in [-0.25, -0.2) is 14.1 Å². The summed E-state index contributed by atoms with van der Waals surface area (Å²) in [6, 6.07) is 8.76. The molecule has 0 radical (unpaired) electrons. The first kappa shape index (κ1) is 28.6. The number of ether oxygens (including phenoxy) is 4. The smallest absolute Gasteiger partial charge is 0.331 e. The van der Waals surface area contributed by atoms with Crippen LogP contribution in [0.3, 0.4) is 0 Å². The first-order valence-electron chi connectivity index (χ1n) is 13.8. The third-order valence-corrected chi connectivity index (χ3v) is 6.98. The Kier molecular flexibility index (Phi) is 8.84. The van der Waals surface area contributed by atoms with Crippen molar-refractivity contribution < 1.29 is 32.9 Å². The van der Waals surface area contributed by atoms with Crippen molar-refractivity contribution in [2.45, 2.75) is 20.3 Å². The standard InChI is InChI=1S/C30H35FN4O6/c1-20(2)18-34-19-29(36)35(30(34)37)21-5-6-26(23(31)15-21)41-25-7-8-32-24-17-28(27(38-3)16-22(24)25)40-12-4-9-33-10-13-39-14-11-33/h5-8,15-17,20H,4,9-14,18-19H2,1-3H3. The molecule has 10 nitrogen and oxygen atoms in total. The van der Waals surface area contributed by atoms with E-state index in [1.165, 1.54) is 17.0 Å². The van der Waals surface area contributed by atoms with Crippen molar-refractivity contribution >= 4 is 28.5 Å². The summed E-state index contributed by atoms with van der Waals surface area (Å²) in [7, 11) is 1.56. The molecule has 11 heteroatoms. The number of urea groups is 1. The average molecular weight is 567 g/mol. The van der Waals surface area contributed by atoms with Crippen LogP contribution in [0.2, 0.25) is 0 Å². The Balaban J connectivity index is 1.30. The Bertz CT molecular complexity index is 1410. The Morgan fingerprint density at radius 1 is 1.02 bits per heavy atom. The van der Waals surface area contributed by atoms with Gasteiger partial charge in [-0.3, -0.25) is 14.7 Å². The first-order chi connectivity index (χ1) is 19.8. The molecule has 2 fully saturated rings. The number of morpholine rings is 1. The fourth-order valence-corrected chi connectivity index (χ4v) is 5.00. The summed E-state index contributed by atoms with van der Waals surface area (Å²) in [5, 5.41) is 0.614. The maximum atomic E-state index is 15.2. The lowest BCUT2D eigenvalue weighted by atomic mass is 10.1. The Morgan fingerprint density at radius 2 is 1.83 bits per heavy atom. The molecule has 3 aromatic rings. The normalized spacial score (nSPS) is 16.2. The molecular weight excluding hydrogens is 531 g/mol. The van der Waals surface area contributed by atoms with E-state index in [1.54, 1.807) is 31.5 Å². The van der Waals surface area contributed by atoms with Crippen LogP contribution in [0.5, 0.6) is 23.0 Å². The van der Waals surface area contributed by atoms with Crippen LogP contribution in [0.25, 0.3) is 10.9 Å². The largest absolute Gasteiger partial charge is 0.493 e. The maximum absolute atomic E-state index is 15.2. The summed E-state index contributed by atoms with van der Waals surface area (Å²) in [4.78, 5) is 34.6. The number of pyridine rings is 1. The van der Waals surface area contributed by atoms with E-state index in [1.807, 2.05) is 13.8 Å². The second-order valence-corrected chi connectivity index (χ2v) is 10.5. The molecule has 2 aliphatic heterocycles. The van der Waals surface area contributed by atoms with Crippen molar-refractivity contribution in [3.8, 4) is 23.0 Å². The summed E-state index contributed by atoms with van der Waals surface area (Å²) < 4.78 is 38.1. The van der Waals surface area contributed by atoms with Crippen LogP contribution < -0.4 is 19.1 Å². The Hall–Kier alpha value is -3.96. The maximum Gasteiger partial charge on any atom is 0.331 e. The highest BCUT2D eigenvalue weighted by Gasteiger charge is 2.37. The van der Waals surface area contributed by atoms with Gasteiger partial charge < -0.3 is 23.8 Å². The number of hydrogen-bond acceptors (Lipinski definition) is 8. The van der Waals surface area contributed by atoms with Crippen molar-refractivity contribution in [3.05, 3.63) is 48.4 Å². The molecule has 0 aliphatic carbocycles. The monoisotopic (exact) mass is 566 g/mol. The molecule has 218 valence electrons. The second kappa shape index (κ2) is 12.7. The van der Waals surface area contributed by atoms with Gasteiger partial charge in [0.05, 0.1) is 38.1 Å². The number of benzene rings is 2. The van der Waals surface area contributed by atoms with Gasteiger partial charge in [0.15, 0.2) is 23.1 Å². The van der Waals surface area contributed by atoms with Crippen LogP contribution in [0.4, 0.5) is 14.9 Å². The molecule has 3 heterocycles. The van der Waals surface area contributed by atoms with Gasteiger partial charge in [-0.2, -0.15) is 0 Å².